The van der Waals surface area contributed by atoms with Crippen LogP contribution in [0.3, 0.4) is 0 Å². The van der Waals surface area contributed by atoms with Crippen LogP contribution in [0.15, 0.2) is 57.6 Å². The molecule has 0 fully saturated rings. The Kier molecular flexibility index (Phi) is 5.03. The van der Waals surface area contributed by atoms with Crippen molar-refractivity contribution < 1.29 is 27.9 Å². The van der Waals surface area contributed by atoms with Crippen LogP contribution < -0.4 is 5.73 Å². The summed E-state index contributed by atoms with van der Waals surface area (Å²) in [5, 5.41) is 39.6. The first kappa shape index (κ1) is 20.6. The number of phenols is 1. The lowest BCUT2D eigenvalue weighted by molar-refractivity contribution is -0.393. The van der Waals surface area contributed by atoms with Crippen molar-refractivity contribution in [3.8, 4) is 5.75 Å². The molecule has 0 unspecified atom stereocenters. The van der Waals surface area contributed by atoms with E-state index in [0.29, 0.717) is 6.07 Å². The van der Waals surface area contributed by atoms with Crippen LogP contribution in [-0.2, 0) is 10.1 Å². The molecule has 3 aromatic rings. The number of rotatable bonds is 5. The van der Waals surface area contributed by atoms with E-state index < -0.39 is 53.4 Å². The summed E-state index contributed by atoms with van der Waals surface area (Å²) in [6.45, 7) is 0. The number of anilines is 1. The third-order valence-corrected chi connectivity index (χ3v) is 4.85. The molecule has 0 bridgehead atoms. The summed E-state index contributed by atoms with van der Waals surface area (Å²) in [7, 11) is -4.87. The molecule has 0 atom stereocenters. The minimum Gasteiger partial charge on any atom is -0.507 e. The first-order valence-corrected chi connectivity index (χ1v) is 9.30. The lowest BCUT2D eigenvalue weighted by Crippen LogP contribution is -1.99. The quantitative estimate of drug-likeness (QED) is 0.176. The number of nitro groups is 2. The fraction of sp³-hybridized carbons (Fsp3) is 0. The highest BCUT2D eigenvalue weighted by atomic mass is 32.2. The van der Waals surface area contributed by atoms with E-state index in [2.05, 4.69) is 10.2 Å². The van der Waals surface area contributed by atoms with E-state index in [1.807, 2.05) is 0 Å². The van der Waals surface area contributed by atoms with Crippen LogP contribution in [0.1, 0.15) is 0 Å². The average Bonchev–Trinajstić information content (AvgIpc) is 2.66. The zero-order valence-electron chi connectivity index (χ0n) is 14.7. The standard InChI is InChI=1S/C16H11N5O8S/c17-8-1-3-10-11(5-8)14(22)7-15(30(27,28)29)16(10)19-18-12-4-2-9(20(23)24)6-13(12)21(25)26/h1-7,22H,17H2,(H,27,28,29). The summed E-state index contributed by atoms with van der Waals surface area (Å²) in [5.41, 5.74) is 3.79. The van der Waals surface area contributed by atoms with Crippen molar-refractivity contribution in [2.45, 2.75) is 4.90 Å². The molecule has 3 rings (SSSR count). The van der Waals surface area contributed by atoms with E-state index in [1.54, 1.807) is 0 Å². The van der Waals surface area contributed by atoms with Crippen molar-refractivity contribution in [1.29, 1.82) is 0 Å². The maximum absolute atomic E-state index is 11.8. The van der Waals surface area contributed by atoms with Gasteiger partial charge in [-0.25, -0.2) is 0 Å². The SMILES string of the molecule is Nc1ccc2c(N=Nc3ccc([N+](=O)[O-])cc3[N+](=O)[O-])c(S(=O)(=O)O)cc(O)c2c1. The molecular formula is C16H11N5O8S. The van der Waals surface area contributed by atoms with Crippen molar-refractivity contribution in [2.75, 3.05) is 5.73 Å². The number of benzene rings is 3. The van der Waals surface area contributed by atoms with E-state index in [4.69, 9.17) is 5.73 Å². The second kappa shape index (κ2) is 7.34. The molecule has 14 heteroatoms. The highest BCUT2D eigenvalue weighted by Gasteiger charge is 2.23. The molecule has 0 aliphatic carbocycles. The van der Waals surface area contributed by atoms with Gasteiger partial charge in [-0.2, -0.15) is 8.42 Å². The van der Waals surface area contributed by atoms with Crippen LogP contribution in [-0.4, -0.2) is 27.9 Å². The Balaban J connectivity index is 2.28. The third-order valence-electron chi connectivity index (χ3n) is 3.98. The first-order valence-electron chi connectivity index (χ1n) is 7.86. The van der Waals surface area contributed by atoms with Gasteiger partial charge in [-0.15, -0.1) is 10.2 Å². The topological polar surface area (TPSA) is 212 Å². The zero-order valence-corrected chi connectivity index (χ0v) is 15.5. The Hall–Kier alpha value is -4.17. The van der Waals surface area contributed by atoms with E-state index in [9.17, 15) is 38.3 Å². The Morgan fingerprint density at radius 3 is 2.23 bits per heavy atom. The second-order valence-corrected chi connectivity index (χ2v) is 7.30. The number of azo groups is 1. The second-order valence-electron chi connectivity index (χ2n) is 5.91. The lowest BCUT2D eigenvalue weighted by atomic mass is 10.1. The molecule has 0 aliphatic rings. The highest BCUT2D eigenvalue weighted by molar-refractivity contribution is 7.86. The van der Waals surface area contributed by atoms with Crippen LogP contribution in [0.25, 0.3) is 10.8 Å². The minimum absolute atomic E-state index is 0.0325. The number of aromatic hydroxyl groups is 1. The van der Waals surface area contributed by atoms with Crippen LogP contribution in [0.4, 0.5) is 28.4 Å². The van der Waals surface area contributed by atoms with Crippen LogP contribution in [0, 0.1) is 20.2 Å². The molecule has 3 aromatic carbocycles. The number of phenolic OH excluding ortho intramolecular Hbond substituents is 1. The van der Waals surface area contributed by atoms with Crippen LogP contribution in [0.2, 0.25) is 0 Å². The molecule has 0 saturated carbocycles. The van der Waals surface area contributed by atoms with Crippen molar-refractivity contribution >= 4 is 49.3 Å². The number of nitro benzene ring substituents is 2. The molecule has 154 valence electrons. The van der Waals surface area contributed by atoms with Gasteiger partial charge in [-0.3, -0.25) is 24.8 Å². The van der Waals surface area contributed by atoms with E-state index >= 15 is 0 Å². The van der Waals surface area contributed by atoms with Crippen molar-refractivity contribution in [3.63, 3.8) is 0 Å². The molecule has 0 aromatic heterocycles. The fourth-order valence-corrected chi connectivity index (χ4v) is 3.30. The minimum atomic E-state index is -4.87. The Labute approximate surface area is 167 Å². The molecule has 4 N–H and O–H groups in total. The summed E-state index contributed by atoms with van der Waals surface area (Å²) in [6, 6.07) is 7.35. The monoisotopic (exact) mass is 433 g/mol. The molecule has 0 heterocycles. The fourth-order valence-electron chi connectivity index (χ4n) is 2.64. The summed E-state index contributed by atoms with van der Waals surface area (Å²) in [5.74, 6) is -0.509. The first-order chi connectivity index (χ1) is 14.0. The van der Waals surface area contributed by atoms with Crippen molar-refractivity contribution in [3.05, 3.63) is 62.7 Å². The van der Waals surface area contributed by atoms with E-state index in [1.165, 1.54) is 18.2 Å². The lowest BCUT2D eigenvalue weighted by Gasteiger charge is -2.09. The molecule has 0 aliphatic heterocycles. The number of hydrogen-bond donors (Lipinski definition) is 3. The summed E-state index contributed by atoms with van der Waals surface area (Å²) in [4.78, 5) is 19.5. The van der Waals surface area contributed by atoms with Gasteiger partial charge >= 0.3 is 5.69 Å². The Morgan fingerprint density at radius 2 is 1.63 bits per heavy atom. The van der Waals surface area contributed by atoms with E-state index in [-0.39, 0.29) is 16.5 Å². The van der Waals surface area contributed by atoms with Gasteiger partial charge in [0.2, 0.25) is 0 Å². The molecule has 0 spiro atoms. The number of nitrogen functional groups attached to an aromatic ring is 1. The maximum Gasteiger partial charge on any atom is 0.303 e. The van der Waals surface area contributed by atoms with Gasteiger partial charge in [0.25, 0.3) is 15.8 Å². The van der Waals surface area contributed by atoms with E-state index in [0.717, 1.165) is 18.2 Å². The number of nitrogens with zero attached hydrogens (tertiary/aromatic N) is 4. The number of fused-ring (bicyclic) bond motifs is 1. The van der Waals surface area contributed by atoms with Gasteiger partial charge in [0, 0.05) is 28.6 Å². The van der Waals surface area contributed by atoms with Crippen LogP contribution >= 0.6 is 0 Å². The molecular weight excluding hydrogens is 422 g/mol. The molecule has 13 nitrogen and oxygen atoms in total. The summed E-state index contributed by atoms with van der Waals surface area (Å²) < 4.78 is 33.0. The molecule has 0 radical (unpaired) electrons. The zero-order chi connectivity index (χ0) is 22.2. The van der Waals surface area contributed by atoms with Crippen LogP contribution in [0.5, 0.6) is 5.75 Å². The number of hydrogen-bond acceptors (Lipinski definition) is 10. The smallest absolute Gasteiger partial charge is 0.303 e. The normalized spacial score (nSPS) is 11.8. The average molecular weight is 433 g/mol. The van der Waals surface area contributed by atoms with Crippen molar-refractivity contribution in [1.82, 2.24) is 0 Å². The highest BCUT2D eigenvalue weighted by Crippen LogP contribution is 2.41. The third kappa shape index (κ3) is 3.85. The summed E-state index contributed by atoms with van der Waals surface area (Å²) >= 11 is 0. The Morgan fingerprint density at radius 1 is 0.933 bits per heavy atom. The molecule has 30 heavy (non-hydrogen) atoms. The van der Waals surface area contributed by atoms with Gasteiger partial charge < -0.3 is 10.8 Å². The van der Waals surface area contributed by atoms with Gasteiger partial charge in [0.1, 0.15) is 16.3 Å². The van der Waals surface area contributed by atoms with Gasteiger partial charge in [-0.05, 0) is 24.3 Å². The van der Waals surface area contributed by atoms with Gasteiger partial charge in [0.05, 0.1) is 15.9 Å². The molecule has 0 amide bonds. The maximum atomic E-state index is 11.8. The van der Waals surface area contributed by atoms with Crippen molar-refractivity contribution in [2.24, 2.45) is 10.2 Å². The largest absolute Gasteiger partial charge is 0.507 e. The molecule has 0 saturated heterocycles. The van der Waals surface area contributed by atoms with Gasteiger partial charge in [0.15, 0.2) is 5.69 Å². The summed E-state index contributed by atoms with van der Waals surface area (Å²) in [6.07, 6.45) is 0. The predicted octanol–water partition coefficient (Wildman–Crippen LogP) is 3.61. The predicted molar refractivity (Wildman–Crippen MR) is 104 cm³/mol. The van der Waals surface area contributed by atoms with Gasteiger partial charge in [-0.1, -0.05) is 0 Å². The number of nitrogens with two attached hydrogens (primary N) is 1. The Bertz CT molecular complexity index is 1350. The number of non-ortho nitro benzene ring substituents is 1.